The molecule has 0 aliphatic heterocycles. The lowest BCUT2D eigenvalue weighted by atomic mass is 10.1. The van der Waals surface area contributed by atoms with Crippen LogP contribution in [0, 0.1) is 0 Å². The van der Waals surface area contributed by atoms with E-state index < -0.39 is 0 Å². The Morgan fingerprint density at radius 1 is 0.657 bits per heavy atom. The number of rotatable bonds is 8. The molecule has 0 spiro atoms. The van der Waals surface area contributed by atoms with Crippen molar-refractivity contribution >= 4 is 34.6 Å². The lowest BCUT2D eigenvalue weighted by molar-refractivity contribution is 0.102. The third-order valence-electron chi connectivity index (χ3n) is 5.09. The smallest absolute Gasteiger partial charge is 0.257 e. The molecule has 0 saturated heterocycles. The van der Waals surface area contributed by atoms with Gasteiger partial charge in [-0.15, -0.1) is 0 Å². The van der Waals surface area contributed by atoms with Gasteiger partial charge in [-0.1, -0.05) is 36.4 Å². The summed E-state index contributed by atoms with van der Waals surface area (Å²) >= 11 is 0. The second kappa shape index (κ2) is 11.0. The van der Waals surface area contributed by atoms with Crippen LogP contribution >= 0.6 is 0 Å². The summed E-state index contributed by atoms with van der Waals surface area (Å²) in [6.45, 7) is 3.85. The Bertz CT molecular complexity index is 1300. The zero-order valence-electron chi connectivity index (χ0n) is 19.6. The van der Waals surface area contributed by atoms with Crippen LogP contribution in [0.5, 0.6) is 5.75 Å². The van der Waals surface area contributed by atoms with E-state index in [0.29, 0.717) is 28.3 Å². The summed E-state index contributed by atoms with van der Waals surface area (Å²) in [6.07, 6.45) is 0.000851. The zero-order chi connectivity index (χ0) is 24.6. The first kappa shape index (κ1) is 23.6. The molecule has 6 nitrogen and oxygen atoms in total. The molecule has 4 aromatic rings. The van der Waals surface area contributed by atoms with Gasteiger partial charge in [-0.3, -0.25) is 9.59 Å². The van der Waals surface area contributed by atoms with Crippen molar-refractivity contribution < 1.29 is 14.3 Å². The largest absolute Gasteiger partial charge is 0.491 e. The molecule has 3 N–H and O–H groups in total. The van der Waals surface area contributed by atoms with Gasteiger partial charge in [0.2, 0.25) is 0 Å². The van der Waals surface area contributed by atoms with Crippen molar-refractivity contribution in [2.75, 3.05) is 16.0 Å². The molecule has 6 heteroatoms. The van der Waals surface area contributed by atoms with E-state index in [1.54, 1.807) is 48.5 Å². The molecule has 0 aromatic heterocycles. The molecule has 0 aliphatic carbocycles. The van der Waals surface area contributed by atoms with E-state index in [1.807, 2.05) is 68.4 Å². The summed E-state index contributed by atoms with van der Waals surface area (Å²) in [6, 6.07) is 31.1. The van der Waals surface area contributed by atoms with Crippen LogP contribution in [0.3, 0.4) is 0 Å². The number of ether oxygens (including phenoxy) is 1. The predicted molar refractivity (Wildman–Crippen MR) is 141 cm³/mol. The quantitative estimate of drug-likeness (QED) is 0.270. The monoisotopic (exact) mass is 465 g/mol. The van der Waals surface area contributed by atoms with Gasteiger partial charge in [-0.2, -0.15) is 0 Å². The maximum absolute atomic E-state index is 13.0. The molecule has 0 atom stereocenters. The molecule has 0 radical (unpaired) electrons. The lowest BCUT2D eigenvalue weighted by Crippen LogP contribution is -2.18. The number of benzene rings is 4. The van der Waals surface area contributed by atoms with Crippen LogP contribution in [0.2, 0.25) is 0 Å². The summed E-state index contributed by atoms with van der Waals surface area (Å²) in [4.78, 5) is 25.9. The van der Waals surface area contributed by atoms with E-state index >= 15 is 0 Å². The number of anilines is 4. The second-order valence-electron chi connectivity index (χ2n) is 8.22. The summed E-state index contributed by atoms with van der Waals surface area (Å²) in [5, 5.41) is 9.05. The Balaban J connectivity index is 1.44. The maximum Gasteiger partial charge on any atom is 0.257 e. The van der Waals surface area contributed by atoms with Crippen LogP contribution in [0.25, 0.3) is 0 Å². The molecule has 4 rings (SSSR count). The Labute approximate surface area is 205 Å². The first-order chi connectivity index (χ1) is 17.0. The van der Waals surface area contributed by atoms with Gasteiger partial charge in [0.25, 0.3) is 11.8 Å². The Kier molecular flexibility index (Phi) is 7.43. The topological polar surface area (TPSA) is 79.5 Å². The number of amides is 2. The number of para-hydroxylation sites is 2. The minimum Gasteiger partial charge on any atom is -0.491 e. The molecular formula is C29H27N3O3. The van der Waals surface area contributed by atoms with Gasteiger partial charge in [0, 0.05) is 22.6 Å². The van der Waals surface area contributed by atoms with Crippen molar-refractivity contribution in [1.29, 1.82) is 0 Å². The summed E-state index contributed by atoms with van der Waals surface area (Å²) in [5.41, 5.74) is 3.77. The molecule has 4 aromatic carbocycles. The fraction of sp³-hybridized carbons (Fsp3) is 0.103. The van der Waals surface area contributed by atoms with Crippen molar-refractivity contribution in [2.45, 2.75) is 20.0 Å². The van der Waals surface area contributed by atoms with E-state index in [0.717, 1.165) is 11.4 Å². The lowest BCUT2D eigenvalue weighted by Gasteiger charge is -2.13. The Morgan fingerprint density at radius 2 is 1.31 bits per heavy atom. The van der Waals surface area contributed by atoms with E-state index in [4.69, 9.17) is 4.74 Å². The standard InChI is InChI=1S/C29H27N3O3/c1-20(2)35-25-12-8-9-21(19-25)28(33)32-27-14-7-6-13-26(27)29(34)31-24-17-15-23(16-18-24)30-22-10-4-3-5-11-22/h3-20,30H,1-2H3,(H,31,34)(H,32,33). The van der Waals surface area contributed by atoms with Crippen LogP contribution in [0.15, 0.2) is 103 Å². The van der Waals surface area contributed by atoms with Crippen molar-refractivity contribution in [3.63, 3.8) is 0 Å². The van der Waals surface area contributed by atoms with Crippen LogP contribution in [0.4, 0.5) is 22.7 Å². The molecule has 2 amide bonds. The third-order valence-corrected chi connectivity index (χ3v) is 5.09. The SMILES string of the molecule is CC(C)Oc1cccc(C(=O)Nc2ccccc2C(=O)Nc2ccc(Nc3ccccc3)cc2)c1. The van der Waals surface area contributed by atoms with Crippen LogP contribution < -0.4 is 20.7 Å². The number of carbonyl (C=O) groups excluding carboxylic acids is 2. The number of nitrogens with one attached hydrogen (secondary N) is 3. The van der Waals surface area contributed by atoms with Crippen molar-refractivity contribution in [3.8, 4) is 5.75 Å². The second-order valence-corrected chi connectivity index (χ2v) is 8.22. The molecule has 176 valence electrons. The third kappa shape index (κ3) is 6.48. The Morgan fingerprint density at radius 3 is 2.06 bits per heavy atom. The molecule has 0 unspecified atom stereocenters. The molecular weight excluding hydrogens is 438 g/mol. The van der Waals surface area contributed by atoms with E-state index in [1.165, 1.54) is 0 Å². The number of hydrogen-bond donors (Lipinski definition) is 3. The highest BCUT2D eigenvalue weighted by molar-refractivity contribution is 6.12. The first-order valence-corrected chi connectivity index (χ1v) is 11.4. The van der Waals surface area contributed by atoms with Gasteiger partial charge in [0.05, 0.1) is 17.4 Å². The average Bonchev–Trinajstić information content (AvgIpc) is 2.86. The highest BCUT2D eigenvalue weighted by atomic mass is 16.5. The highest BCUT2D eigenvalue weighted by Crippen LogP contribution is 2.22. The number of hydrogen-bond acceptors (Lipinski definition) is 4. The van der Waals surface area contributed by atoms with Gasteiger partial charge in [0.15, 0.2) is 0 Å². The van der Waals surface area contributed by atoms with Gasteiger partial charge in [-0.05, 0) is 80.6 Å². The number of carbonyl (C=O) groups is 2. The van der Waals surface area contributed by atoms with Crippen molar-refractivity contribution in [1.82, 2.24) is 0 Å². The van der Waals surface area contributed by atoms with Crippen LogP contribution in [-0.4, -0.2) is 17.9 Å². The van der Waals surface area contributed by atoms with E-state index in [-0.39, 0.29) is 17.9 Å². The fourth-order valence-corrected chi connectivity index (χ4v) is 3.49. The molecule has 0 fully saturated rings. The van der Waals surface area contributed by atoms with Crippen LogP contribution in [-0.2, 0) is 0 Å². The minimum absolute atomic E-state index is 0.000851. The summed E-state index contributed by atoms with van der Waals surface area (Å²) in [7, 11) is 0. The zero-order valence-corrected chi connectivity index (χ0v) is 19.6. The van der Waals surface area contributed by atoms with Gasteiger partial charge >= 0.3 is 0 Å². The van der Waals surface area contributed by atoms with Crippen molar-refractivity contribution in [2.24, 2.45) is 0 Å². The maximum atomic E-state index is 13.0. The van der Waals surface area contributed by atoms with Gasteiger partial charge in [-0.25, -0.2) is 0 Å². The normalized spacial score (nSPS) is 10.5. The minimum atomic E-state index is -0.323. The van der Waals surface area contributed by atoms with E-state index in [9.17, 15) is 9.59 Å². The van der Waals surface area contributed by atoms with Crippen LogP contribution in [0.1, 0.15) is 34.6 Å². The molecule has 0 saturated carbocycles. The molecule has 0 heterocycles. The highest BCUT2D eigenvalue weighted by Gasteiger charge is 2.15. The first-order valence-electron chi connectivity index (χ1n) is 11.4. The molecule has 35 heavy (non-hydrogen) atoms. The van der Waals surface area contributed by atoms with E-state index in [2.05, 4.69) is 16.0 Å². The summed E-state index contributed by atoms with van der Waals surface area (Å²) in [5.74, 6) is -0.0266. The van der Waals surface area contributed by atoms with Crippen molar-refractivity contribution in [3.05, 3.63) is 114 Å². The average molecular weight is 466 g/mol. The molecule has 0 bridgehead atoms. The molecule has 0 aliphatic rings. The fourth-order valence-electron chi connectivity index (χ4n) is 3.49. The predicted octanol–water partition coefficient (Wildman–Crippen LogP) is 6.72. The van der Waals surface area contributed by atoms with Gasteiger partial charge in [0.1, 0.15) is 5.75 Å². The summed E-state index contributed by atoms with van der Waals surface area (Å²) < 4.78 is 5.68. The van der Waals surface area contributed by atoms with Gasteiger partial charge < -0.3 is 20.7 Å². The Hall–Kier alpha value is -4.58.